The lowest BCUT2D eigenvalue weighted by Crippen LogP contribution is -2.42. The van der Waals surface area contributed by atoms with Crippen molar-refractivity contribution in [1.82, 2.24) is 20.4 Å². The molecule has 2 N–H and O–H groups in total. The van der Waals surface area contributed by atoms with E-state index < -0.39 is 0 Å². The van der Waals surface area contributed by atoms with Gasteiger partial charge in [0.1, 0.15) is 12.4 Å². The van der Waals surface area contributed by atoms with E-state index in [0.29, 0.717) is 13.2 Å². The Labute approximate surface area is 162 Å². The number of para-hydroxylation sites is 1. The summed E-state index contributed by atoms with van der Waals surface area (Å²) in [5.74, 6) is 1.62. The van der Waals surface area contributed by atoms with Crippen LogP contribution in [0.25, 0.3) is 0 Å². The number of rotatable bonds is 8. The number of hydrogen-bond donors (Lipinski definition) is 2. The molecule has 1 heterocycles. The SMILES string of the molecule is C=CCOc1ccccc1CNC(=NC)NC(C)Cc1c(C)nn(C)c1C. The molecule has 0 bridgehead atoms. The number of guanidine groups is 1. The Morgan fingerprint density at radius 3 is 2.74 bits per heavy atom. The molecule has 1 unspecified atom stereocenters. The number of aromatic nitrogens is 2. The largest absolute Gasteiger partial charge is 0.489 e. The van der Waals surface area contributed by atoms with Crippen LogP contribution in [0.4, 0.5) is 0 Å². The molecule has 6 nitrogen and oxygen atoms in total. The maximum atomic E-state index is 5.71. The maximum absolute atomic E-state index is 5.71. The molecule has 1 aromatic heterocycles. The van der Waals surface area contributed by atoms with Crippen molar-refractivity contribution in [3.05, 3.63) is 59.4 Å². The van der Waals surface area contributed by atoms with Gasteiger partial charge in [0.15, 0.2) is 5.96 Å². The van der Waals surface area contributed by atoms with Crippen molar-refractivity contribution < 1.29 is 4.74 Å². The summed E-state index contributed by atoms with van der Waals surface area (Å²) >= 11 is 0. The minimum absolute atomic E-state index is 0.227. The second-order valence-electron chi connectivity index (χ2n) is 6.66. The molecule has 146 valence electrons. The molecule has 0 amide bonds. The first-order valence-corrected chi connectivity index (χ1v) is 9.24. The van der Waals surface area contributed by atoms with E-state index in [1.54, 1.807) is 13.1 Å². The molecule has 0 fully saturated rings. The van der Waals surface area contributed by atoms with Gasteiger partial charge in [0.2, 0.25) is 0 Å². The number of aryl methyl sites for hydroxylation is 2. The summed E-state index contributed by atoms with van der Waals surface area (Å²) in [7, 11) is 3.76. The smallest absolute Gasteiger partial charge is 0.191 e. The first-order chi connectivity index (χ1) is 13.0. The lowest BCUT2D eigenvalue weighted by Gasteiger charge is -2.19. The Kier molecular flexibility index (Phi) is 7.46. The van der Waals surface area contributed by atoms with Crippen LogP contribution in [0.2, 0.25) is 0 Å². The van der Waals surface area contributed by atoms with E-state index in [2.05, 4.69) is 48.1 Å². The van der Waals surface area contributed by atoms with Gasteiger partial charge in [-0.05, 0) is 38.8 Å². The molecule has 1 atom stereocenters. The van der Waals surface area contributed by atoms with Crippen LogP contribution in [0.1, 0.15) is 29.4 Å². The second-order valence-corrected chi connectivity index (χ2v) is 6.66. The van der Waals surface area contributed by atoms with Gasteiger partial charge in [-0.3, -0.25) is 9.67 Å². The van der Waals surface area contributed by atoms with Gasteiger partial charge in [-0.1, -0.05) is 30.9 Å². The van der Waals surface area contributed by atoms with E-state index in [1.807, 2.05) is 36.0 Å². The third kappa shape index (κ3) is 5.61. The lowest BCUT2D eigenvalue weighted by molar-refractivity contribution is 0.358. The highest BCUT2D eigenvalue weighted by Gasteiger charge is 2.14. The van der Waals surface area contributed by atoms with Crippen LogP contribution in [0, 0.1) is 13.8 Å². The predicted octanol–water partition coefficient (Wildman–Crippen LogP) is 2.90. The highest BCUT2D eigenvalue weighted by molar-refractivity contribution is 5.80. The molecular weight excluding hydrogens is 338 g/mol. The Morgan fingerprint density at radius 2 is 2.11 bits per heavy atom. The quantitative estimate of drug-likeness (QED) is 0.427. The molecular formula is C21H31N5O. The van der Waals surface area contributed by atoms with Crippen molar-refractivity contribution in [1.29, 1.82) is 0 Å². The van der Waals surface area contributed by atoms with Gasteiger partial charge in [0.05, 0.1) is 5.69 Å². The molecule has 0 radical (unpaired) electrons. The van der Waals surface area contributed by atoms with Crippen LogP contribution >= 0.6 is 0 Å². The van der Waals surface area contributed by atoms with Gasteiger partial charge < -0.3 is 15.4 Å². The predicted molar refractivity (Wildman–Crippen MR) is 111 cm³/mol. The number of hydrogen-bond acceptors (Lipinski definition) is 3. The summed E-state index contributed by atoms with van der Waals surface area (Å²) in [5.41, 5.74) is 4.65. The molecule has 0 aliphatic rings. The van der Waals surface area contributed by atoms with Gasteiger partial charge in [-0.25, -0.2) is 0 Å². The van der Waals surface area contributed by atoms with Crippen molar-refractivity contribution in [3.8, 4) is 5.75 Å². The summed E-state index contributed by atoms with van der Waals surface area (Å²) in [6, 6.07) is 8.21. The molecule has 0 aliphatic carbocycles. The van der Waals surface area contributed by atoms with Gasteiger partial charge in [0.25, 0.3) is 0 Å². The summed E-state index contributed by atoms with van der Waals surface area (Å²) < 4.78 is 7.65. The fraction of sp³-hybridized carbons (Fsp3) is 0.429. The van der Waals surface area contributed by atoms with E-state index in [9.17, 15) is 0 Å². The number of benzene rings is 1. The molecule has 2 rings (SSSR count). The number of nitrogens with one attached hydrogen (secondary N) is 2. The van der Waals surface area contributed by atoms with Crippen molar-refractivity contribution in [2.45, 2.75) is 39.8 Å². The van der Waals surface area contributed by atoms with E-state index in [4.69, 9.17) is 4.74 Å². The average molecular weight is 370 g/mol. The van der Waals surface area contributed by atoms with Gasteiger partial charge >= 0.3 is 0 Å². The van der Waals surface area contributed by atoms with E-state index in [0.717, 1.165) is 29.4 Å². The van der Waals surface area contributed by atoms with Crippen LogP contribution < -0.4 is 15.4 Å². The van der Waals surface area contributed by atoms with Crippen molar-refractivity contribution >= 4 is 5.96 Å². The zero-order valence-corrected chi connectivity index (χ0v) is 17.0. The molecule has 0 saturated heterocycles. The monoisotopic (exact) mass is 369 g/mol. The summed E-state index contributed by atoms with van der Waals surface area (Å²) in [5, 5.41) is 11.3. The van der Waals surface area contributed by atoms with Gasteiger partial charge in [0, 0.05) is 37.9 Å². The summed E-state index contributed by atoms with van der Waals surface area (Å²) in [4.78, 5) is 4.34. The van der Waals surface area contributed by atoms with Crippen molar-refractivity contribution in [2.75, 3.05) is 13.7 Å². The molecule has 6 heteroatoms. The zero-order valence-electron chi connectivity index (χ0n) is 17.0. The average Bonchev–Trinajstić information content (AvgIpc) is 2.90. The Balaban J connectivity index is 1.95. The van der Waals surface area contributed by atoms with E-state index >= 15 is 0 Å². The van der Waals surface area contributed by atoms with E-state index in [1.165, 1.54) is 11.3 Å². The molecule has 27 heavy (non-hydrogen) atoms. The minimum atomic E-state index is 0.227. The van der Waals surface area contributed by atoms with Crippen molar-refractivity contribution in [3.63, 3.8) is 0 Å². The van der Waals surface area contributed by atoms with Crippen LogP contribution in [0.5, 0.6) is 5.75 Å². The molecule has 0 spiro atoms. The Hall–Kier alpha value is -2.76. The first kappa shape index (κ1) is 20.6. The number of aliphatic imine (C=N–C) groups is 1. The van der Waals surface area contributed by atoms with Gasteiger partial charge in [-0.2, -0.15) is 5.10 Å². The summed E-state index contributed by atoms with van der Waals surface area (Å²) in [6.45, 7) is 11.1. The van der Waals surface area contributed by atoms with Crippen molar-refractivity contribution in [2.24, 2.45) is 12.0 Å². The molecule has 1 aromatic carbocycles. The van der Waals surface area contributed by atoms with Crippen LogP contribution in [0.3, 0.4) is 0 Å². The Morgan fingerprint density at radius 1 is 1.37 bits per heavy atom. The topological polar surface area (TPSA) is 63.5 Å². The van der Waals surface area contributed by atoms with Gasteiger partial charge in [-0.15, -0.1) is 0 Å². The fourth-order valence-electron chi connectivity index (χ4n) is 3.02. The summed E-state index contributed by atoms with van der Waals surface area (Å²) in [6.07, 6.45) is 2.64. The standard InChI is InChI=1S/C21H31N5O/c1-7-12-27-20-11-9-8-10-18(20)14-23-21(22-5)24-15(2)13-19-16(3)25-26(6)17(19)4/h7-11,15H,1,12-14H2,2-6H3,(H2,22,23,24). The Bertz CT molecular complexity index is 794. The third-order valence-electron chi connectivity index (χ3n) is 4.55. The third-order valence-corrected chi connectivity index (χ3v) is 4.55. The molecule has 2 aromatic rings. The van der Waals surface area contributed by atoms with E-state index in [-0.39, 0.29) is 6.04 Å². The first-order valence-electron chi connectivity index (χ1n) is 9.24. The van der Waals surface area contributed by atoms with Crippen LogP contribution in [-0.2, 0) is 20.0 Å². The molecule has 0 saturated carbocycles. The molecule has 0 aliphatic heterocycles. The number of nitrogens with zero attached hydrogens (tertiary/aromatic N) is 3. The second kappa shape index (κ2) is 9.80. The van der Waals surface area contributed by atoms with Crippen LogP contribution in [-0.4, -0.2) is 35.4 Å². The highest BCUT2D eigenvalue weighted by Crippen LogP contribution is 2.18. The fourth-order valence-corrected chi connectivity index (χ4v) is 3.02. The minimum Gasteiger partial charge on any atom is -0.489 e. The maximum Gasteiger partial charge on any atom is 0.191 e. The lowest BCUT2D eigenvalue weighted by atomic mass is 10.1. The number of ether oxygens (including phenoxy) is 1. The zero-order chi connectivity index (χ0) is 19.8. The van der Waals surface area contributed by atoms with Crippen LogP contribution in [0.15, 0.2) is 41.9 Å². The normalized spacial score (nSPS) is 12.6. The highest BCUT2D eigenvalue weighted by atomic mass is 16.5.